The zero-order valence-electron chi connectivity index (χ0n) is 14.9. The number of rotatable bonds is 4. The van der Waals surface area contributed by atoms with Crippen LogP contribution in [0.5, 0.6) is 0 Å². The van der Waals surface area contributed by atoms with Crippen LogP contribution in [0.4, 0.5) is 0 Å². The van der Waals surface area contributed by atoms with Gasteiger partial charge in [0.15, 0.2) is 0 Å². The third-order valence-electron chi connectivity index (χ3n) is 5.14. The molecule has 4 rings (SSSR count). The van der Waals surface area contributed by atoms with Crippen LogP contribution in [0, 0.1) is 0 Å². The lowest BCUT2D eigenvalue weighted by atomic mass is 9.82. The van der Waals surface area contributed by atoms with Crippen molar-refractivity contribution in [2.24, 2.45) is 0 Å². The molecule has 27 heavy (non-hydrogen) atoms. The molecular weight excluding hydrogens is 372 g/mol. The van der Waals surface area contributed by atoms with Crippen LogP contribution in [-0.4, -0.2) is 58.8 Å². The number of aromatic carboxylic acids is 1. The maximum atomic E-state index is 11.5. The molecule has 0 atom stereocenters. The lowest BCUT2D eigenvalue weighted by Crippen LogP contribution is -2.45. The van der Waals surface area contributed by atoms with Gasteiger partial charge in [-0.3, -0.25) is 9.69 Å². The Morgan fingerprint density at radius 3 is 2.89 bits per heavy atom. The van der Waals surface area contributed by atoms with Crippen molar-refractivity contribution in [3.05, 3.63) is 33.1 Å². The first-order chi connectivity index (χ1) is 13.0. The Bertz CT molecular complexity index is 869. The van der Waals surface area contributed by atoms with E-state index in [1.807, 2.05) is 0 Å². The minimum absolute atomic E-state index is 0.0284. The van der Waals surface area contributed by atoms with E-state index in [0.29, 0.717) is 23.9 Å². The maximum absolute atomic E-state index is 11.5. The quantitative estimate of drug-likeness (QED) is 0.798. The highest BCUT2D eigenvalue weighted by molar-refractivity contribution is 7.14. The summed E-state index contributed by atoms with van der Waals surface area (Å²) in [6.45, 7) is 2.60. The van der Waals surface area contributed by atoms with Crippen LogP contribution in [0.1, 0.15) is 49.5 Å². The molecule has 10 heteroatoms. The average molecular weight is 392 g/mol. The molecule has 0 unspecified atom stereocenters. The second-order valence-corrected chi connectivity index (χ2v) is 7.85. The molecule has 2 aromatic heterocycles. The monoisotopic (exact) mass is 392 g/mol. The van der Waals surface area contributed by atoms with Gasteiger partial charge in [0, 0.05) is 31.4 Å². The van der Waals surface area contributed by atoms with Gasteiger partial charge in [-0.15, -0.1) is 11.3 Å². The molecular formula is C17H20N4O5S. The van der Waals surface area contributed by atoms with Gasteiger partial charge in [0.25, 0.3) is 11.7 Å². The molecule has 2 aliphatic rings. The van der Waals surface area contributed by atoms with Crippen LogP contribution in [0.25, 0.3) is 0 Å². The van der Waals surface area contributed by atoms with Gasteiger partial charge in [-0.2, -0.15) is 4.98 Å². The van der Waals surface area contributed by atoms with E-state index in [-0.39, 0.29) is 11.7 Å². The number of nitrogens with zero attached hydrogens (tertiary/aromatic N) is 3. The minimum atomic E-state index is -0.884. The minimum Gasteiger partial charge on any atom is -0.477 e. The summed E-state index contributed by atoms with van der Waals surface area (Å²) in [6.07, 6.45) is 2.31. The molecule has 0 saturated carbocycles. The molecule has 1 fully saturated rings. The second-order valence-electron chi connectivity index (χ2n) is 6.71. The number of hydrogen-bond donors (Lipinski definition) is 2. The molecule has 0 aliphatic carbocycles. The smallest absolute Gasteiger partial charge is 0.345 e. The van der Waals surface area contributed by atoms with Crippen LogP contribution < -0.4 is 5.32 Å². The number of carbonyl (C=O) groups is 2. The highest BCUT2D eigenvalue weighted by Gasteiger charge is 2.42. The van der Waals surface area contributed by atoms with Crippen molar-refractivity contribution in [1.82, 2.24) is 20.4 Å². The van der Waals surface area contributed by atoms with Gasteiger partial charge in [-0.1, -0.05) is 5.16 Å². The van der Waals surface area contributed by atoms with Crippen molar-refractivity contribution >= 4 is 23.2 Å². The van der Waals surface area contributed by atoms with Crippen LogP contribution in [-0.2, 0) is 23.3 Å². The normalized spacial score (nSPS) is 19.0. The third kappa shape index (κ3) is 3.35. The average Bonchev–Trinajstić information content (AvgIpc) is 3.31. The Hall–Kier alpha value is -2.30. The SMILES string of the molecule is CNC(=O)c1noc(CN2CCC3(CC2)OCCc2sc(C(=O)O)cc23)n1. The molecule has 9 nitrogen and oxygen atoms in total. The fourth-order valence-electron chi connectivity index (χ4n) is 3.72. The number of piperidine rings is 1. The molecule has 1 saturated heterocycles. The van der Waals surface area contributed by atoms with Crippen molar-refractivity contribution in [1.29, 1.82) is 0 Å². The molecule has 0 aromatic carbocycles. The standard InChI is InChI=1S/C17H20N4O5S/c1-18-15(22)14-19-13(26-20-14)9-21-5-3-17(4-6-21)10-8-12(16(23)24)27-11(10)2-7-25-17/h8H,2-7,9H2,1H3,(H,18,22)(H,23,24). The number of nitrogens with one attached hydrogen (secondary N) is 1. The lowest BCUT2D eigenvalue weighted by molar-refractivity contribution is -0.0988. The molecule has 2 aliphatic heterocycles. The number of likely N-dealkylation sites (tertiary alicyclic amines) is 1. The van der Waals surface area contributed by atoms with E-state index in [4.69, 9.17) is 9.26 Å². The highest BCUT2D eigenvalue weighted by Crippen LogP contribution is 2.44. The number of carboxylic acid groups (broad SMARTS) is 1. The van der Waals surface area contributed by atoms with Gasteiger partial charge in [0.05, 0.1) is 18.8 Å². The van der Waals surface area contributed by atoms with Gasteiger partial charge in [0.1, 0.15) is 4.88 Å². The molecule has 2 N–H and O–H groups in total. The molecule has 0 radical (unpaired) electrons. The number of carboxylic acids is 1. The Balaban J connectivity index is 1.44. The number of thiophene rings is 1. The van der Waals surface area contributed by atoms with Gasteiger partial charge in [-0.25, -0.2) is 4.79 Å². The van der Waals surface area contributed by atoms with Crippen molar-refractivity contribution in [2.75, 3.05) is 26.7 Å². The van der Waals surface area contributed by atoms with E-state index in [9.17, 15) is 14.7 Å². The van der Waals surface area contributed by atoms with Gasteiger partial charge in [-0.05, 0) is 24.5 Å². The Labute approximate surface area is 159 Å². The maximum Gasteiger partial charge on any atom is 0.345 e. The van der Waals surface area contributed by atoms with Gasteiger partial charge in [0.2, 0.25) is 5.89 Å². The number of hydrogen-bond acceptors (Lipinski definition) is 8. The van der Waals surface area contributed by atoms with E-state index in [2.05, 4.69) is 20.4 Å². The Morgan fingerprint density at radius 2 is 2.19 bits per heavy atom. The first-order valence-electron chi connectivity index (χ1n) is 8.78. The number of aromatic nitrogens is 2. The fraction of sp³-hybridized carbons (Fsp3) is 0.529. The molecule has 4 heterocycles. The van der Waals surface area contributed by atoms with Gasteiger partial charge < -0.3 is 19.7 Å². The topological polar surface area (TPSA) is 118 Å². The number of carbonyl (C=O) groups excluding carboxylic acids is 1. The lowest BCUT2D eigenvalue weighted by Gasteiger charge is -2.43. The predicted octanol–water partition coefficient (Wildman–Crippen LogP) is 1.25. The number of fused-ring (bicyclic) bond motifs is 2. The molecule has 0 bridgehead atoms. The van der Waals surface area contributed by atoms with E-state index >= 15 is 0 Å². The van der Waals surface area contributed by atoms with Crippen molar-refractivity contribution in [2.45, 2.75) is 31.4 Å². The summed E-state index contributed by atoms with van der Waals surface area (Å²) in [4.78, 5) is 30.6. The van der Waals surface area contributed by atoms with E-state index in [1.54, 1.807) is 6.07 Å². The fourth-order valence-corrected chi connectivity index (χ4v) is 4.79. The highest BCUT2D eigenvalue weighted by atomic mass is 32.1. The van der Waals surface area contributed by atoms with Crippen LogP contribution >= 0.6 is 11.3 Å². The number of ether oxygens (including phenoxy) is 1. The summed E-state index contributed by atoms with van der Waals surface area (Å²) < 4.78 is 11.3. The molecule has 1 spiro atoms. The summed E-state index contributed by atoms with van der Waals surface area (Å²) in [5.74, 6) is -0.832. The predicted molar refractivity (Wildman–Crippen MR) is 94.8 cm³/mol. The third-order valence-corrected chi connectivity index (χ3v) is 6.32. The Kier molecular flexibility index (Phi) is 4.70. The van der Waals surface area contributed by atoms with Gasteiger partial charge >= 0.3 is 5.97 Å². The van der Waals surface area contributed by atoms with Crippen LogP contribution in [0.2, 0.25) is 0 Å². The molecule has 144 valence electrons. The number of amides is 1. The summed E-state index contributed by atoms with van der Waals surface area (Å²) in [5.41, 5.74) is 0.631. The molecule has 2 aromatic rings. The van der Waals surface area contributed by atoms with Crippen molar-refractivity contribution in [3.8, 4) is 0 Å². The van der Waals surface area contributed by atoms with E-state index in [1.165, 1.54) is 18.4 Å². The van der Waals surface area contributed by atoms with Crippen molar-refractivity contribution in [3.63, 3.8) is 0 Å². The second kappa shape index (κ2) is 7.02. The van der Waals surface area contributed by atoms with Crippen LogP contribution in [0.3, 0.4) is 0 Å². The summed E-state index contributed by atoms with van der Waals surface area (Å²) in [7, 11) is 1.51. The first-order valence-corrected chi connectivity index (χ1v) is 9.60. The van der Waals surface area contributed by atoms with Crippen LogP contribution in [0.15, 0.2) is 10.6 Å². The summed E-state index contributed by atoms with van der Waals surface area (Å²) in [6, 6.07) is 1.78. The van der Waals surface area contributed by atoms with Crippen molar-refractivity contribution < 1.29 is 24.0 Å². The first kappa shape index (κ1) is 18.1. The zero-order valence-corrected chi connectivity index (χ0v) is 15.7. The Morgan fingerprint density at radius 1 is 1.41 bits per heavy atom. The summed E-state index contributed by atoms with van der Waals surface area (Å²) >= 11 is 1.36. The largest absolute Gasteiger partial charge is 0.477 e. The zero-order chi connectivity index (χ0) is 19.0. The van der Waals surface area contributed by atoms with E-state index < -0.39 is 11.6 Å². The molecule has 1 amide bonds. The van der Waals surface area contributed by atoms with E-state index in [0.717, 1.165) is 42.8 Å². The summed E-state index contributed by atoms with van der Waals surface area (Å²) in [5, 5.41) is 15.4.